The molecule has 5 nitrogen and oxygen atoms in total. The Kier molecular flexibility index (Phi) is 6.47. The molecule has 1 aliphatic carbocycles. The predicted molar refractivity (Wildman–Crippen MR) is 96.5 cm³/mol. The number of hydrazine groups is 1. The molecule has 1 aromatic rings. The minimum atomic E-state index is -0.250. The van der Waals surface area contributed by atoms with Crippen LogP contribution in [-0.4, -0.2) is 22.8 Å². The number of hydrogen-bond donors (Lipinski definition) is 3. The zero-order chi connectivity index (χ0) is 16.8. The molecule has 23 heavy (non-hydrogen) atoms. The highest BCUT2D eigenvalue weighted by Crippen LogP contribution is 2.24. The molecular formula is C16H20BrClN4O. The predicted octanol–water partition coefficient (Wildman–Crippen LogP) is 3.49. The maximum atomic E-state index is 12.5. The van der Waals surface area contributed by atoms with Crippen molar-refractivity contribution in [2.75, 3.05) is 0 Å². The molecule has 7 heteroatoms. The summed E-state index contributed by atoms with van der Waals surface area (Å²) >= 11 is 9.02. The van der Waals surface area contributed by atoms with E-state index in [1.54, 1.807) is 17.1 Å². The third-order valence-electron chi connectivity index (χ3n) is 3.90. The summed E-state index contributed by atoms with van der Waals surface area (Å²) in [6.07, 6.45) is 5.39. The zero-order valence-corrected chi connectivity index (χ0v) is 15.0. The summed E-state index contributed by atoms with van der Waals surface area (Å²) in [5.74, 6) is 0.319. The maximum absolute atomic E-state index is 12.5. The van der Waals surface area contributed by atoms with Crippen molar-refractivity contribution in [3.05, 3.63) is 46.1 Å². The largest absolute Gasteiger partial charge is 0.404 e. The van der Waals surface area contributed by atoms with Crippen LogP contribution in [-0.2, 0) is 5.88 Å². The van der Waals surface area contributed by atoms with Crippen LogP contribution in [0.25, 0.3) is 0 Å². The number of nitrogens with one attached hydrogen (secondary N) is 2. The Bertz CT molecular complexity index is 597. The number of amides is 1. The standard InChI is InChI=1S/C16H20BrClN4O/c17-14(10-19)15(20)22(13-3-1-2-4-13)21-16(23)12-7-5-11(9-18)6-8-12/h5-8,10,13,20H,1-4,9,19H2,(H,21,23). The van der Waals surface area contributed by atoms with Gasteiger partial charge in [0, 0.05) is 17.6 Å². The number of carbonyl (C=O) groups is 1. The first kappa shape index (κ1) is 17.8. The summed E-state index contributed by atoms with van der Waals surface area (Å²) in [6, 6.07) is 7.22. The molecule has 124 valence electrons. The first-order chi connectivity index (χ1) is 11.1. The Balaban J connectivity index is 2.15. The summed E-state index contributed by atoms with van der Waals surface area (Å²) in [6.45, 7) is 0. The van der Waals surface area contributed by atoms with E-state index in [4.69, 9.17) is 22.7 Å². The van der Waals surface area contributed by atoms with Crippen LogP contribution < -0.4 is 11.2 Å². The summed E-state index contributed by atoms with van der Waals surface area (Å²) < 4.78 is 0.446. The maximum Gasteiger partial charge on any atom is 0.269 e. The van der Waals surface area contributed by atoms with Crippen molar-refractivity contribution in [2.45, 2.75) is 37.6 Å². The molecule has 1 aromatic carbocycles. The van der Waals surface area contributed by atoms with Crippen molar-refractivity contribution in [3.63, 3.8) is 0 Å². The average molecular weight is 400 g/mol. The lowest BCUT2D eigenvalue weighted by Crippen LogP contribution is -2.51. The van der Waals surface area contributed by atoms with Crippen LogP contribution in [0.5, 0.6) is 0 Å². The topological polar surface area (TPSA) is 82.2 Å². The first-order valence-electron chi connectivity index (χ1n) is 7.48. The van der Waals surface area contributed by atoms with Gasteiger partial charge in [0.05, 0.1) is 10.5 Å². The zero-order valence-electron chi connectivity index (χ0n) is 12.7. The molecule has 1 saturated carbocycles. The summed E-state index contributed by atoms with van der Waals surface area (Å²) in [7, 11) is 0. The van der Waals surface area contributed by atoms with Gasteiger partial charge in [-0.2, -0.15) is 0 Å². The summed E-state index contributed by atoms with van der Waals surface area (Å²) in [4.78, 5) is 12.5. The van der Waals surface area contributed by atoms with Crippen LogP contribution in [0.15, 0.2) is 34.9 Å². The van der Waals surface area contributed by atoms with Gasteiger partial charge in [-0.25, -0.2) is 0 Å². The van der Waals surface area contributed by atoms with Gasteiger partial charge in [-0.3, -0.25) is 20.6 Å². The third kappa shape index (κ3) is 4.48. The Morgan fingerprint density at radius 2 is 2.00 bits per heavy atom. The second kappa shape index (κ2) is 8.36. The number of rotatable bonds is 4. The fourth-order valence-electron chi connectivity index (χ4n) is 2.61. The molecule has 0 aliphatic heterocycles. The van der Waals surface area contributed by atoms with E-state index in [2.05, 4.69) is 21.4 Å². The minimum Gasteiger partial charge on any atom is -0.404 e. The van der Waals surface area contributed by atoms with Crippen LogP contribution >= 0.6 is 27.5 Å². The van der Waals surface area contributed by atoms with E-state index in [1.165, 1.54) is 6.20 Å². The molecule has 0 atom stereocenters. The molecular weight excluding hydrogens is 380 g/mol. The van der Waals surface area contributed by atoms with Crippen molar-refractivity contribution >= 4 is 39.3 Å². The average Bonchev–Trinajstić information content (AvgIpc) is 3.12. The quantitative estimate of drug-likeness (QED) is 0.314. The van der Waals surface area contributed by atoms with Gasteiger partial charge in [0.25, 0.3) is 5.91 Å². The van der Waals surface area contributed by atoms with Gasteiger partial charge in [0.1, 0.15) is 0 Å². The second-order valence-corrected chi connectivity index (χ2v) is 6.56. The molecule has 0 heterocycles. The van der Waals surface area contributed by atoms with Crippen LogP contribution in [0.2, 0.25) is 0 Å². The van der Waals surface area contributed by atoms with Crippen molar-refractivity contribution in [1.82, 2.24) is 10.4 Å². The van der Waals surface area contributed by atoms with Gasteiger partial charge in [-0.1, -0.05) is 25.0 Å². The molecule has 0 bridgehead atoms. The monoisotopic (exact) mass is 398 g/mol. The lowest BCUT2D eigenvalue weighted by atomic mass is 10.1. The van der Waals surface area contributed by atoms with Gasteiger partial charge < -0.3 is 5.73 Å². The highest BCUT2D eigenvalue weighted by molar-refractivity contribution is 9.12. The first-order valence-corrected chi connectivity index (χ1v) is 8.81. The molecule has 1 amide bonds. The van der Waals surface area contributed by atoms with Crippen molar-refractivity contribution in [1.29, 1.82) is 5.41 Å². The molecule has 0 unspecified atom stereocenters. The van der Waals surface area contributed by atoms with Crippen molar-refractivity contribution < 1.29 is 4.79 Å². The summed E-state index contributed by atoms with van der Waals surface area (Å²) in [5.41, 5.74) is 9.81. The van der Waals surface area contributed by atoms with Gasteiger partial charge in [0.15, 0.2) is 5.84 Å². The number of carbonyl (C=O) groups excluding carboxylic acids is 1. The Labute approximate surface area is 149 Å². The number of halogens is 2. The van der Waals surface area contributed by atoms with Crippen LogP contribution in [0.3, 0.4) is 0 Å². The Morgan fingerprint density at radius 3 is 2.52 bits per heavy atom. The molecule has 0 spiro atoms. The summed E-state index contributed by atoms with van der Waals surface area (Å²) in [5, 5.41) is 9.84. The molecule has 0 aromatic heterocycles. The van der Waals surface area contributed by atoms with E-state index >= 15 is 0 Å². The number of hydrogen-bond acceptors (Lipinski definition) is 3. The number of nitrogens with zero attached hydrogens (tertiary/aromatic N) is 1. The van der Waals surface area contributed by atoms with Crippen LogP contribution in [0, 0.1) is 5.41 Å². The normalized spacial score (nSPS) is 15.5. The second-order valence-electron chi connectivity index (χ2n) is 5.44. The van der Waals surface area contributed by atoms with E-state index < -0.39 is 0 Å². The lowest BCUT2D eigenvalue weighted by Gasteiger charge is -2.31. The fourth-order valence-corrected chi connectivity index (χ4v) is 2.97. The number of benzene rings is 1. The molecule has 4 N–H and O–H groups in total. The van der Waals surface area contributed by atoms with E-state index in [9.17, 15) is 4.79 Å². The number of nitrogens with two attached hydrogens (primary N) is 1. The smallest absolute Gasteiger partial charge is 0.269 e. The highest BCUT2D eigenvalue weighted by Gasteiger charge is 2.27. The molecule has 2 rings (SSSR count). The van der Waals surface area contributed by atoms with Gasteiger partial charge >= 0.3 is 0 Å². The highest BCUT2D eigenvalue weighted by atomic mass is 79.9. The molecule has 1 aliphatic rings. The number of amidine groups is 1. The van der Waals surface area contributed by atoms with Crippen molar-refractivity contribution in [2.24, 2.45) is 5.73 Å². The minimum absolute atomic E-state index is 0.112. The Hall–Kier alpha value is -1.53. The van der Waals surface area contributed by atoms with E-state index in [0.717, 1.165) is 31.2 Å². The van der Waals surface area contributed by atoms with Gasteiger partial charge in [0.2, 0.25) is 0 Å². The van der Waals surface area contributed by atoms with Crippen molar-refractivity contribution in [3.8, 4) is 0 Å². The van der Waals surface area contributed by atoms with E-state index in [-0.39, 0.29) is 17.8 Å². The number of alkyl halides is 1. The third-order valence-corrected chi connectivity index (χ3v) is 4.84. The molecule has 0 saturated heterocycles. The lowest BCUT2D eigenvalue weighted by molar-refractivity contribution is 0.0834. The van der Waals surface area contributed by atoms with E-state index in [1.807, 2.05) is 12.1 Å². The Morgan fingerprint density at radius 1 is 1.39 bits per heavy atom. The molecule has 0 radical (unpaired) electrons. The SMILES string of the molecule is N=C(C(Br)=CN)N(NC(=O)c1ccc(CCl)cc1)C1CCCC1. The van der Waals surface area contributed by atoms with E-state index in [0.29, 0.717) is 15.9 Å². The fraction of sp³-hybridized carbons (Fsp3) is 0.375. The van der Waals surface area contributed by atoms with Gasteiger partial charge in [-0.05, 0) is 46.5 Å². The van der Waals surface area contributed by atoms with Crippen LogP contribution in [0.1, 0.15) is 41.6 Å². The van der Waals surface area contributed by atoms with Gasteiger partial charge in [-0.15, -0.1) is 11.6 Å². The molecule has 1 fully saturated rings. The van der Waals surface area contributed by atoms with Crippen LogP contribution in [0.4, 0.5) is 0 Å².